The number of amides is 4. The monoisotopic (exact) mass is 431 g/mol. The number of hydrogen-bond donors (Lipinski definition) is 3. The summed E-state index contributed by atoms with van der Waals surface area (Å²) >= 11 is 0. The maximum Gasteiger partial charge on any atom is 0.322 e. The molecule has 1 aromatic heterocycles. The summed E-state index contributed by atoms with van der Waals surface area (Å²) in [6.45, 7) is 5.49. The van der Waals surface area contributed by atoms with Gasteiger partial charge in [0.05, 0.1) is 11.4 Å². The molecular weight excluding hydrogens is 406 g/mol. The van der Waals surface area contributed by atoms with Crippen molar-refractivity contribution >= 4 is 17.8 Å². The van der Waals surface area contributed by atoms with E-state index < -0.39 is 17.5 Å². The molecule has 2 atom stereocenters. The van der Waals surface area contributed by atoms with Gasteiger partial charge in [0.25, 0.3) is 11.8 Å². The van der Waals surface area contributed by atoms with Crippen LogP contribution in [0, 0.1) is 6.92 Å². The highest BCUT2D eigenvalue weighted by Gasteiger charge is 2.43. The molecule has 0 spiro atoms. The summed E-state index contributed by atoms with van der Waals surface area (Å²) in [5.74, 6) is -0.701. The SMILES string of the molecule is Cc1cc(CC(C)NC(=O)c2cccc(C3(C)NC(=O)NC3=O)c2)n(-c2ccccc2)n1. The van der Waals surface area contributed by atoms with Crippen molar-refractivity contribution in [2.45, 2.75) is 38.8 Å². The van der Waals surface area contributed by atoms with Gasteiger partial charge in [0.15, 0.2) is 0 Å². The molecule has 0 radical (unpaired) electrons. The molecule has 2 aromatic carbocycles. The second-order valence-electron chi connectivity index (χ2n) is 8.22. The van der Waals surface area contributed by atoms with Gasteiger partial charge in [0, 0.05) is 23.7 Å². The van der Waals surface area contributed by atoms with Crippen molar-refractivity contribution < 1.29 is 14.4 Å². The lowest BCUT2D eigenvalue weighted by Crippen LogP contribution is -2.41. The van der Waals surface area contributed by atoms with Crippen LogP contribution in [0.2, 0.25) is 0 Å². The number of imide groups is 1. The molecule has 0 saturated carbocycles. The molecule has 8 nitrogen and oxygen atoms in total. The van der Waals surface area contributed by atoms with Gasteiger partial charge in [0.2, 0.25) is 0 Å². The van der Waals surface area contributed by atoms with E-state index in [1.807, 2.05) is 54.9 Å². The van der Waals surface area contributed by atoms with Gasteiger partial charge in [0.1, 0.15) is 5.54 Å². The molecule has 1 fully saturated rings. The predicted octanol–water partition coefficient (Wildman–Crippen LogP) is 2.60. The van der Waals surface area contributed by atoms with Gasteiger partial charge in [-0.2, -0.15) is 5.10 Å². The van der Waals surface area contributed by atoms with Gasteiger partial charge in [-0.25, -0.2) is 9.48 Å². The average Bonchev–Trinajstić information content (AvgIpc) is 3.26. The summed E-state index contributed by atoms with van der Waals surface area (Å²) in [5.41, 5.74) is 2.61. The zero-order valence-electron chi connectivity index (χ0n) is 18.2. The number of aromatic nitrogens is 2. The third kappa shape index (κ3) is 4.12. The van der Waals surface area contributed by atoms with Crippen LogP contribution in [-0.4, -0.2) is 33.7 Å². The van der Waals surface area contributed by atoms with Crippen LogP contribution >= 0.6 is 0 Å². The number of para-hydroxylation sites is 1. The standard InChI is InChI=1S/C24H25N5O3/c1-15(12-20-13-16(2)28-29(20)19-10-5-4-6-11-19)25-21(30)17-8-7-9-18(14-17)24(3)22(31)26-23(32)27-24/h4-11,13-15H,12H2,1-3H3,(H,25,30)(H2,26,27,31,32). The highest BCUT2D eigenvalue weighted by atomic mass is 16.2. The molecule has 3 N–H and O–H groups in total. The van der Waals surface area contributed by atoms with Gasteiger partial charge in [-0.3, -0.25) is 14.9 Å². The molecule has 2 unspecified atom stereocenters. The van der Waals surface area contributed by atoms with E-state index in [1.165, 1.54) is 0 Å². The third-order valence-corrected chi connectivity index (χ3v) is 5.55. The highest BCUT2D eigenvalue weighted by Crippen LogP contribution is 2.25. The third-order valence-electron chi connectivity index (χ3n) is 5.55. The summed E-state index contributed by atoms with van der Waals surface area (Å²) in [7, 11) is 0. The molecule has 1 aliphatic heterocycles. The Bertz CT molecular complexity index is 1190. The number of benzene rings is 2. The van der Waals surface area contributed by atoms with Crippen LogP contribution in [-0.2, 0) is 16.8 Å². The Morgan fingerprint density at radius 1 is 1.12 bits per heavy atom. The molecule has 4 amide bonds. The van der Waals surface area contributed by atoms with Crippen molar-refractivity contribution in [3.63, 3.8) is 0 Å². The van der Waals surface area contributed by atoms with Crippen molar-refractivity contribution in [1.29, 1.82) is 0 Å². The minimum atomic E-state index is -1.21. The van der Waals surface area contributed by atoms with Crippen LogP contribution in [0.5, 0.6) is 0 Å². The number of nitrogens with zero attached hydrogens (tertiary/aromatic N) is 2. The zero-order chi connectivity index (χ0) is 22.9. The van der Waals surface area contributed by atoms with Crippen LogP contribution in [0.15, 0.2) is 60.7 Å². The predicted molar refractivity (Wildman–Crippen MR) is 119 cm³/mol. The van der Waals surface area contributed by atoms with Gasteiger partial charge >= 0.3 is 6.03 Å². The van der Waals surface area contributed by atoms with Crippen LogP contribution in [0.1, 0.15) is 41.2 Å². The van der Waals surface area contributed by atoms with E-state index in [-0.39, 0.29) is 11.9 Å². The van der Waals surface area contributed by atoms with Crippen molar-refractivity contribution in [3.8, 4) is 5.69 Å². The zero-order valence-corrected chi connectivity index (χ0v) is 18.2. The molecule has 0 aliphatic carbocycles. The lowest BCUT2D eigenvalue weighted by molar-refractivity contribution is -0.123. The van der Waals surface area contributed by atoms with Gasteiger partial charge in [-0.05, 0) is 56.7 Å². The van der Waals surface area contributed by atoms with Gasteiger partial charge in [-0.15, -0.1) is 0 Å². The molecular formula is C24H25N5O3. The largest absolute Gasteiger partial charge is 0.349 e. The molecule has 1 aliphatic rings. The molecule has 0 bridgehead atoms. The van der Waals surface area contributed by atoms with E-state index in [2.05, 4.69) is 21.0 Å². The fourth-order valence-electron chi connectivity index (χ4n) is 3.88. The molecule has 32 heavy (non-hydrogen) atoms. The maximum absolute atomic E-state index is 12.9. The molecule has 164 valence electrons. The summed E-state index contributed by atoms with van der Waals surface area (Å²) in [5, 5.41) is 12.5. The number of carbonyl (C=O) groups excluding carboxylic acids is 3. The first-order chi connectivity index (χ1) is 15.3. The summed E-state index contributed by atoms with van der Waals surface area (Å²) in [6, 6.07) is 17.9. The lowest BCUT2D eigenvalue weighted by Gasteiger charge is -2.22. The quantitative estimate of drug-likeness (QED) is 0.522. The normalized spacial score (nSPS) is 18.7. The summed E-state index contributed by atoms with van der Waals surface area (Å²) in [4.78, 5) is 36.7. The molecule has 8 heteroatoms. The number of urea groups is 1. The number of carbonyl (C=O) groups is 3. The van der Waals surface area contributed by atoms with E-state index in [1.54, 1.807) is 31.2 Å². The van der Waals surface area contributed by atoms with Gasteiger partial charge in [-0.1, -0.05) is 30.3 Å². The Kier molecular flexibility index (Phi) is 5.52. The van der Waals surface area contributed by atoms with Crippen molar-refractivity contribution in [2.75, 3.05) is 0 Å². The Morgan fingerprint density at radius 3 is 2.56 bits per heavy atom. The van der Waals surface area contributed by atoms with Crippen molar-refractivity contribution in [2.24, 2.45) is 0 Å². The average molecular weight is 431 g/mol. The topological polar surface area (TPSA) is 105 Å². The van der Waals surface area contributed by atoms with E-state index in [4.69, 9.17) is 0 Å². The molecule has 1 saturated heterocycles. The Balaban J connectivity index is 1.49. The van der Waals surface area contributed by atoms with E-state index in [0.29, 0.717) is 17.5 Å². The fraction of sp³-hybridized carbons (Fsp3) is 0.250. The number of hydrogen-bond acceptors (Lipinski definition) is 4. The van der Waals surface area contributed by atoms with Crippen molar-refractivity contribution in [3.05, 3.63) is 83.2 Å². The minimum Gasteiger partial charge on any atom is -0.349 e. The Morgan fingerprint density at radius 2 is 1.88 bits per heavy atom. The molecule has 2 heterocycles. The Hall–Kier alpha value is -3.94. The van der Waals surface area contributed by atoms with E-state index in [0.717, 1.165) is 17.1 Å². The highest BCUT2D eigenvalue weighted by molar-refractivity contribution is 6.07. The summed E-state index contributed by atoms with van der Waals surface area (Å²) < 4.78 is 1.89. The Labute approximate surface area is 186 Å². The fourth-order valence-corrected chi connectivity index (χ4v) is 3.88. The van der Waals surface area contributed by atoms with Crippen LogP contribution in [0.4, 0.5) is 4.79 Å². The molecule has 4 rings (SSSR count). The number of aryl methyl sites for hydroxylation is 1. The van der Waals surface area contributed by atoms with Crippen molar-refractivity contribution in [1.82, 2.24) is 25.7 Å². The van der Waals surface area contributed by atoms with Crippen LogP contribution in [0.3, 0.4) is 0 Å². The maximum atomic E-state index is 12.9. The molecule has 3 aromatic rings. The van der Waals surface area contributed by atoms with Crippen LogP contribution < -0.4 is 16.0 Å². The minimum absolute atomic E-state index is 0.158. The second-order valence-corrected chi connectivity index (χ2v) is 8.22. The first-order valence-electron chi connectivity index (χ1n) is 10.4. The summed E-state index contributed by atoms with van der Waals surface area (Å²) in [6.07, 6.45) is 0.595. The van der Waals surface area contributed by atoms with E-state index in [9.17, 15) is 14.4 Å². The number of nitrogens with one attached hydrogen (secondary N) is 3. The lowest BCUT2D eigenvalue weighted by atomic mass is 9.91. The van der Waals surface area contributed by atoms with E-state index >= 15 is 0 Å². The second kappa shape index (κ2) is 8.30. The van der Waals surface area contributed by atoms with Gasteiger partial charge < -0.3 is 10.6 Å². The number of rotatable bonds is 6. The first kappa shape index (κ1) is 21.3. The van der Waals surface area contributed by atoms with Crippen LogP contribution in [0.25, 0.3) is 5.69 Å². The smallest absolute Gasteiger partial charge is 0.322 e. The first-order valence-corrected chi connectivity index (χ1v) is 10.4.